The summed E-state index contributed by atoms with van der Waals surface area (Å²) in [6.45, 7) is 5.14. The highest BCUT2D eigenvalue weighted by Crippen LogP contribution is 2.35. The zero-order chi connectivity index (χ0) is 11.7. The van der Waals surface area contributed by atoms with Crippen molar-refractivity contribution in [1.29, 1.82) is 0 Å². The van der Waals surface area contributed by atoms with Crippen LogP contribution in [0.5, 0.6) is 0 Å². The second-order valence-electron chi connectivity index (χ2n) is 5.58. The summed E-state index contributed by atoms with van der Waals surface area (Å²) in [5.74, 6) is 1.27. The van der Waals surface area contributed by atoms with Crippen molar-refractivity contribution in [3.63, 3.8) is 0 Å². The molecule has 2 N–H and O–H groups in total. The van der Waals surface area contributed by atoms with Crippen molar-refractivity contribution in [3.05, 3.63) is 0 Å². The van der Waals surface area contributed by atoms with E-state index in [1.165, 1.54) is 25.7 Å². The molecule has 0 bridgehead atoms. The van der Waals surface area contributed by atoms with E-state index in [2.05, 4.69) is 18.7 Å². The Hall–Kier alpha value is -0.570. The van der Waals surface area contributed by atoms with Crippen LogP contribution in [0.3, 0.4) is 0 Å². The van der Waals surface area contributed by atoms with Gasteiger partial charge in [-0.1, -0.05) is 20.3 Å². The van der Waals surface area contributed by atoms with E-state index in [1.54, 1.807) is 0 Å². The summed E-state index contributed by atoms with van der Waals surface area (Å²) in [6.07, 6.45) is 5.95. The Morgan fingerprint density at radius 1 is 1.38 bits per heavy atom. The molecule has 0 aliphatic heterocycles. The average molecular weight is 224 g/mol. The Labute approximate surface area is 98.4 Å². The third-order valence-electron chi connectivity index (χ3n) is 3.96. The van der Waals surface area contributed by atoms with Gasteiger partial charge >= 0.3 is 0 Å². The maximum Gasteiger partial charge on any atom is 0.240 e. The summed E-state index contributed by atoms with van der Waals surface area (Å²) in [4.78, 5) is 14.4. The van der Waals surface area contributed by atoms with Crippen LogP contribution in [-0.4, -0.2) is 29.4 Å². The summed E-state index contributed by atoms with van der Waals surface area (Å²) in [5, 5.41) is 0. The molecule has 2 rings (SSSR count). The van der Waals surface area contributed by atoms with E-state index in [-0.39, 0.29) is 11.9 Å². The summed E-state index contributed by atoms with van der Waals surface area (Å²) >= 11 is 0. The SMILES string of the molecule is CCC(C)[C@H](N)C(=O)N(CC1CC1)C1CC1. The second-order valence-corrected chi connectivity index (χ2v) is 5.58. The van der Waals surface area contributed by atoms with Gasteiger partial charge in [0.15, 0.2) is 0 Å². The molecule has 0 heterocycles. The van der Waals surface area contributed by atoms with Crippen molar-refractivity contribution in [2.24, 2.45) is 17.6 Å². The van der Waals surface area contributed by atoms with E-state index in [1.807, 2.05) is 0 Å². The Bertz CT molecular complexity index is 259. The lowest BCUT2D eigenvalue weighted by Gasteiger charge is -2.28. The molecule has 0 radical (unpaired) electrons. The van der Waals surface area contributed by atoms with Crippen LogP contribution < -0.4 is 5.73 Å². The van der Waals surface area contributed by atoms with Gasteiger partial charge < -0.3 is 10.6 Å². The highest BCUT2D eigenvalue weighted by atomic mass is 16.2. The minimum absolute atomic E-state index is 0.198. The molecule has 0 spiro atoms. The van der Waals surface area contributed by atoms with Gasteiger partial charge in [-0.2, -0.15) is 0 Å². The Morgan fingerprint density at radius 2 is 2.00 bits per heavy atom. The number of nitrogens with two attached hydrogens (primary N) is 1. The van der Waals surface area contributed by atoms with E-state index in [0.717, 1.165) is 18.9 Å². The minimum atomic E-state index is -0.288. The predicted molar refractivity (Wildman–Crippen MR) is 64.9 cm³/mol. The smallest absolute Gasteiger partial charge is 0.240 e. The molecule has 2 fully saturated rings. The summed E-state index contributed by atoms with van der Waals surface area (Å²) < 4.78 is 0. The summed E-state index contributed by atoms with van der Waals surface area (Å²) in [6, 6.07) is 0.229. The van der Waals surface area contributed by atoms with Gasteiger partial charge in [0.1, 0.15) is 0 Å². The lowest BCUT2D eigenvalue weighted by Crippen LogP contribution is -2.48. The van der Waals surface area contributed by atoms with Gasteiger partial charge in [0.2, 0.25) is 5.91 Å². The summed E-state index contributed by atoms with van der Waals surface area (Å²) in [5.41, 5.74) is 6.04. The van der Waals surface area contributed by atoms with Crippen LogP contribution in [0.1, 0.15) is 46.0 Å². The molecule has 3 heteroatoms. The summed E-state index contributed by atoms with van der Waals surface area (Å²) in [7, 11) is 0. The first-order valence-corrected chi connectivity index (χ1v) is 6.69. The van der Waals surface area contributed by atoms with Crippen molar-refractivity contribution < 1.29 is 4.79 Å². The van der Waals surface area contributed by atoms with Gasteiger partial charge in [-0.25, -0.2) is 0 Å². The Morgan fingerprint density at radius 3 is 2.44 bits per heavy atom. The van der Waals surface area contributed by atoms with Gasteiger partial charge in [0, 0.05) is 12.6 Å². The van der Waals surface area contributed by atoms with Crippen LogP contribution in [0.15, 0.2) is 0 Å². The quantitative estimate of drug-likeness (QED) is 0.747. The van der Waals surface area contributed by atoms with E-state index in [9.17, 15) is 4.79 Å². The highest BCUT2D eigenvalue weighted by molar-refractivity contribution is 5.82. The van der Waals surface area contributed by atoms with Gasteiger partial charge in [-0.05, 0) is 37.5 Å². The third-order valence-corrected chi connectivity index (χ3v) is 3.96. The molecule has 1 amide bonds. The fraction of sp³-hybridized carbons (Fsp3) is 0.923. The zero-order valence-corrected chi connectivity index (χ0v) is 10.5. The molecule has 0 aromatic rings. The molecular weight excluding hydrogens is 200 g/mol. The van der Waals surface area contributed by atoms with Crippen LogP contribution in [0.25, 0.3) is 0 Å². The highest BCUT2D eigenvalue weighted by Gasteiger charge is 2.38. The molecule has 0 aromatic carbocycles. The fourth-order valence-corrected chi connectivity index (χ4v) is 2.07. The molecule has 2 atom stereocenters. The number of carbonyl (C=O) groups is 1. The maximum atomic E-state index is 12.3. The molecule has 0 aromatic heterocycles. The molecule has 16 heavy (non-hydrogen) atoms. The Balaban J connectivity index is 1.92. The topological polar surface area (TPSA) is 46.3 Å². The van der Waals surface area contributed by atoms with Gasteiger partial charge in [-0.15, -0.1) is 0 Å². The van der Waals surface area contributed by atoms with Crippen molar-refractivity contribution in [2.45, 2.75) is 58.0 Å². The van der Waals surface area contributed by atoms with Gasteiger partial charge in [0.25, 0.3) is 0 Å². The van der Waals surface area contributed by atoms with Crippen LogP contribution in [-0.2, 0) is 4.79 Å². The number of carbonyl (C=O) groups excluding carboxylic acids is 1. The van der Waals surface area contributed by atoms with Gasteiger partial charge in [0.05, 0.1) is 6.04 Å². The van der Waals surface area contributed by atoms with Crippen molar-refractivity contribution in [3.8, 4) is 0 Å². The van der Waals surface area contributed by atoms with E-state index < -0.39 is 0 Å². The average Bonchev–Trinajstić information content (AvgIpc) is 3.15. The number of amides is 1. The van der Waals surface area contributed by atoms with E-state index in [0.29, 0.717) is 12.0 Å². The van der Waals surface area contributed by atoms with Crippen molar-refractivity contribution >= 4 is 5.91 Å². The first-order valence-electron chi connectivity index (χ1n) is 6.69. The zero-order valence-electron chi connectivity index (χ0n) is 10.5. The van der Waals surface area contributed by atoms with Crippen LogP contribution in [0.2, 0.25) is 0 Å². The number of hydrogen-bond donors (Lipinski definition) is 1. The molecule has 2 aliphatic rings. The molecular formula is C13H24N2O. The first-order chi connectivity index (χ1) is 7.63. The monoisotopic (exact) mass is 224 g/mol. The molecule has 0 saturated heterocycles. The number of nitrogens with zero attached hydrogens (tertiary/aromatic N) is 1. The first kappa shape index (κ1) is 11.9. The molecule has 92 valence electrons. The number of hydrogen-bond acceptors (Lipinski definition) is 2. The lowest BCUT2D eigenvalue weighted by atomic mass is 9.98. The molecule has 2 saturated carbocycles. The van der Waals surface area contributed by atoms with Crippen molar-refractivity contribution in [1.82, 2.24) is 4.90 Å². The molecule has 3 nitrogen and oxygen atoms in total. The number of rotatable bonds is 6. The third kappa shape index (κ3) is 2.76. The maximum absolute atomic E-state index is 12.3. The molecule has 1 unspecified atom stereocenters. The fourth-order valence-electron chi connectivity index (χ4n) is 2.07. The predicted octanol–water partition coefficient (Wildman–Crippen LogP) is 1.76. The standard InChI is InChI=1S/C13H24N2O/c1-3-9(2)12(14)13(16)15(11-6-7-11)8-10-4-5-10/h9-12H,3-8,14H2,1-2H3/t9?,12-/m0/s1. The largest absolute Gasteiger partial charge is 0.338 e. The van der Waals surface area contributed by atoms with Crippen molar-refractivity contribution in [2.75, 3.05) is 6.54 Å². The minimum Gasteiger partial charge on any atom is -0.338 e. The Kier molecular flexibility index (Phi) is 3.53. The van der Waals surface area contributed by atoms with Crippen LogP contribution in [0, 0.1) is 11.8 Å². The second kappa shape index (κ2) is 4.74. The van der Waals surface area contributed by atoms with E-state index in [4.69, 9.17) is 5.73 Å². The molecule has 2 aliphatic carbocycles. The lowest BCUT2D eigenvalue weighted by molar-refractivity contribution is -0.134. The van der Waals surface area contributed by atoms with E-state index >= 15 is 0 Å². The van der Waals surface area contributed by atoms with Gasteiger partial charge in [-0.3, -0.25) is 4.79 Å². The van der Waals surface area contributed by atoms with Crippen LogP contribution >= 0.6 is 0 Å². The normalized spacial score (nSPS) is 23.9. The van der Waals surface area contributed by atoms with Crippen LogP contribution in [0.4, 0.5) is 0 Å².